The maximum Gasteiger partial charge on any atom is 0.243 e. The lowest BCUT2D eigenvalue weighted by Gasteiger charge is -2.26. The number of nitrogens with zero attached hydrogens (tertiary/aromatic N) is 5. The molecule has 1 amide bonds. The Morgan fingerprint density at radius 2 is 2.35 bits per heavy atom. The topological polar surface area (TPSA) is 65.8 Å². The predicted molar refractivity (Wildman–Crippen MR) is 101 cm³/mol. The van der Waals surface area contributed by atoms with Crippen molar-refractivity contribution in [2.75, 3.05) is 38.1 Å². The van der Waals surface area contributed by atoms with E-state index in [-0.39, 0.29) is 5.91 Å². The second kappa shape index (κ2) is 7.45. The third kappa shape index (κ3) is 3.58. The molecule has 4 rings (SSSR count). The van der Waals surface area contributed by atoms with Gasteiger partial charge in [0.1, 0.15) is 11.8 Å². The van der Waals surface area contributed by atoms with Gasteiger partial charge in [0, 0.05) is 44.5 Å². The predicted octanol–water partition coefficient (Wildman–Crippen LogP) is 1.47. The molecule has 0 bridgehead atoms. The van der Waals surface area contributed by atoms with Crippen LogP contribution in [-0.4, -0.2) is 64.7 Å². The molecular formula is C19H26N6O. The standard InChI is InChI=1S/C19H26N6O/c1-23-11-7-15(13-23)12-18(26)20-8-6-16-4-2-9-24(16)19-17-5-3-10-25(17)22-14-21-19/h3,5,10,12,14,16H,2,4,6-9,11,13H2,1H3,(H,20,26)/b15-12+/t16-/m1/s1. The number of carbonyl (C=O) groups excluding carboxylic acids is 1. The minimum Gasteiger partial charge on any atom is -0.352 e. The molecular weight excluding hydrogens is 328 g/mol. The number of nitrogens with one attached hydrogen (secondary N) is 1. The van der Waals surface area contributed by atoms with Gasteiger partial charge in [-0.15, -0.1) is 0 Å². The van der Waals surface area contributed by atoms with Crippen molar-refractivity contribution in [2.24, 2.45) is 0 Å². The number of aromatic nitrogens is 3. The van der Waals surface area contributed by atoms with Gasteiger partial charge < -0.3 is 15.1 Å². The van der Waals surface area contributed by atoms with Crippen LogP contribution in [0.5, 0.6) is 0 Å². The first-order valence-electron chi connectivity index (χ1n) is 9.41. The zero-order valence-electron chi connectivity index (χ0n) is 15.3. The van der Waals surface area contributed by atoms with Crippen LogP contribution in [0, 0.1) is 0 Å². The molecule has 7 heteroatoms. The summed E-state index contributed by atoms with van der Waals surface area (Å²) < 4.78 is 1.87. The molecule has 4 heterocycles. The molecule has 2 saturated heterocycles. The summed E-state index contributed by atoms with van der Waals surface area (Å²) in [6.45, 7) is 3.66. The lowest BCUT2D eigenvalue weighted by Crippen LogP contribution is -2.34. The van der Waals surface area contributed by atoms with Gasteiger partial charge in [-0.25, -0.2) is 9.50 Å². The van der Waals surface area contributed by atoms with Crippen molar-refractivity contribution in [3.05, 3.63) is 36.3 Å². The van der Waals surface area contributed by atoms with Crippen LogP contribution in [0.2, 0.25) is 0 Å². The maximum absolute atomic E-state index is 12.1. The Morgan fingerprint density at radius 3 is 3.19 bits per heavy atom. The third-order valence-electron chi connectivity index (χ3n) is 5.36. The lowest BCUT2D eigenvalue weighted by atomic mass is 10.1. The van der Waals surface area contributed by atoms with Crippen LogP contribution >= 0.6 is 0 Å². The first kappa shape index (κ1) is 17.0. The van der Waals surface area contributed by atoms with E-state index in [0.29, 0.717) is 12.6 Å². The molecule has 0 spiro atoms. The van der Waals surface area contributed by atoms with Crippen molar-refractivity contribution in [3.63, 3.8) is 0 Å². The van der Waals surface area contributed by atoms with Crippen LogP contribution in [0.3, 0.4) is 0 Å². The largest absolute Gasteiger partial charge is 0.352 e. The van der Waals surface area contributed by atoms with Gasteiger partial charge in [0.2, 0.25) is 5.91 Å². The van der Waals surface area contributed by atoms with Gasteiger partial charge in [0.05, 0.1) is 0 Å². The number of hydrogen-bond acceptors (Lipinski definition) is 5. The van der Waals surface area contributed by atoms with E-state index < -0.39 is 0 Å². The Bertz CT molecular complexity index is 813. The fourth-order valence-corrected chi connectivity index (χ4v) is 4.04. The van der Waals surface area contributed by atoms with Gasteiger partial charge in [-0.2, -0.15) is 5.10 Å². The average Bonchev–Trinajstić information content (AvgIpc) is 3.35. The molecule has 2 aromatic heterocycles. The summed E-state index contributed by atoms with van der Waals surface area (Å²) >= 11 is 0. The van der Waals surface area contributed by atoms with Crippen LogP contribution in [0.4, 0.5) is 5.82 Å². The quantitative estimate of drug-likeness (QED) is 0.824. The van der Waals surface area contributed by atoms with Crippen LogP contribution < -0.4 is 10.2 Å². The van der Waals surface area contributed by atoms with Gasteiger partial charge in [-0.3, -0.25) is 4.79 Å². The van der Waals surface area contributed by atoms with Gasteiger partial charge in [-0.05, 0) is 50.4 Å². The summed E-state index contributed by atoms with van der Waals surface area (Å²) in [6.07, 6.45) is 9.58. The van der Waals surface area contributed by atoms with E-state index in [9.17, 15) is 4.79 Å². The lowest BCUT2D eigenvalue weighted by molar-refractivity contribution is -0.116. The summed E-state index contributed by atoms with van der Waals surface area (Å²) in [6, 6.07) is 4.46. The Labute approximate surface area is 153 Å². The molecule has 0 radical (unpaired) electrons. The van der Waals surface area contributed by atoms with E-state index in [1.807, 2.05) is 16.8 Å². The number of likely N-dealkylation sites (tertiary alicyclic amines) is 1. The second-order valence-electron chi connectivity index (χ2n) is 7.28. The smallest absolute Gasteiger partial charge is 0.243 e. The second-order valence-corrected chi connectivity index (χ2v) is 7.28. The average molecular weight is 354 g/mol. The third-order valence-corrected chi connectivity index (χ3v) is 5.36. The molecule has 26 heavy (non-hydrogen) atoms. The molecule has 0 saturated carbocycles. The SMILES string of the molecule is CN1CC/C(=C\C(=O)NCC[C@H]2CCCN2c2ncnn3cccc23)C1. The number of likely N-dealkylation sites (N-methyl/N-ethyl adjacent to an activating group) is 1. The van der Waals surface area contributed by atoms with E-state index in [4.69, 9.17) is 0 Å². The van der Waals surface area contributed by atoms with Crippen molar-refractivity contribution >= 4 is 17.2 Å². The summed E-state index contributed by atoms with van der Waals surface area (Å²) in [5, 5.41) is 7.31. The first-order valence-corrected chi connectivity index (χ1v) is 9.41. The number of amides is 1. The maximum atomic E-state index is 12.1. The Hall–Kier alpha value is -2.41. The molecule has 2 fully saturated rings. The van der Waals surface area contributed by atoms with Gasteiger partial charge in [-0.1, -0.05) is 0 Å². The molecule has 2 aliphatic rings. The molecule has 1 atom stereocenters. The zero-order chi connectivity index (χ0) is 17.9. The van der Waals surface area contributed by atoms with Crippen molar-refractivity contribution in [2.45, 2.75) is 31.7 Å². The number of carbonyl (C=O) groups is 1. The van der Waals surface area contributed by atoms with Crippen LogP contribution in [0.15, 0.2) is 36.3 Å². The molecule has 0 aromatic carbocycles. The van der Waals surface area contributed by atoms with Crippen LogP contribution in [0.25, 0.3) is 5.52 Å². The van der Waals surface area contributed by atoms with Crippen LogP contribution in [-0.2, 0) is 4.79 Å². The van der Waals surface area contributed by atoms with Crippen molar-refractivity contribution in [1.29, 1.82) is 0 Å². The van der Waals surface area contributed by atoms with Crippen LogP contribution in [0.1, 0.15) is 25.7 Å². The van der Waals surface area contributed by atoms with E-state index in [1.165, 1.54) is 5.57 Å². The Morgan fingerprint density at radius 1 is 1.42 bits per heavy atom. The minimum absolute atomic E-state index is 0.0378. The highest BCUT2D eigenvalue weighted by Gasteiger charge is 2.27. The summed E-state index contributed by atoms with van der Waals surface area (Å²) in [5.74, 6) is 1.03. The molecule has 2 aromatic rings. The molecule has 2 aliphatic heterocycles. The van der Waals surface area contributed by atoms with Crippen molar-refractivity contribution in [1.82, 2.24) is 24.8 Å². The highest BCUT2D eigenvalue weighted by molar-refractivity contribution is 5.88. The van der Waals surface area contributed by atoms with Gasteiger partial charge in [0.25, 0.3) is 0 Å². The Balaban J connectivity index is 1.34. The van der Waals surface area contributed by atoms with E-state index in [2.05, 4.69) is 38.3 Å². The first-order chi connectivity index (χ1) is 12.7. The molecule has 138 valence electrons. The number of anilines is 1. The van der Waals surface area contributed by atoms with E-state index in [1.54, 1.807) is 12.4 Å². The van der Waals surface area contributed by atoms with Crippen molar-refractivity contribution in [3.8, 4) is 0 Å². The van der Waals surface area contributed by atoms with E-state index in [0.717, 1.165) is 56.7 Å². The fraction of sp³-hybridized carbons (Fsp3) is 0.526. The summed E-state index contributed by atoms with van der Waals surface area (Å²) in [5.41, 5.74) is 2.27. The summed E-state index contributed by atoms with van der Waals surface area (Å²) in [4.78, 5) is 21.3. The van der Waals surface area contributed by atoms with Crippen molar-refractivity contribution < 1.29 is 4.79 Å². The monoisotopic (exact) mass is 354 g/mol. The van der Waals surface area contributed by atoms with E-state index >= 15 is 0 Å². The Kier molecular flexibility index (Phi) is 4.88. The number of hydrogen-bond donors (Lipinski definition) is 1. The normalized spacial score (nSPS) is 22.6. The minimum atomic E-state index is 0.0378. The highest BCUT2D eigenvalue weighted by Crippen LogP contribution is 2.28. The number of fused-ring (bicyclic) bond motifs is 1. The number of rotatable bonds is 5. The van der Waals surface area contributed by atoms with Gasteiger partial charge in [0.15, 0.2) is 5.82 Å². The molecule has 0 aliphatic carbocycles. The molecule has 1 N–H and O–H groups in total. The summed E-state index contributed by atoms with van der Waals surface area (Å²) in [7, 11) is 2.09. The fourth-order valence-electron chi connectivity index (χ4n) is 4.04. The molecule has 7 nitrogen and oxygen atoms in total. The molecule has 0 unspecified atom stereocenters. The highest BCUT2D eigenvalue weighted by atomic mass is 16.1. The zero-order valence-corrected chi connectivity index (χ0v) is 15.3. The van der Waals surface area contributed by atoms with Gasteiger partial charge >= 0.3 is 0 Å².